The van der Waals surface area contributed by atoms with Crippen LogP contribution in [0.25, 0.3) is 0 Å². The molecular weight excluding hydrogens is 354 g/mol. The summed E-state index contributed by atoms with van der Waals surface area (Å²) in [6.07, 6.45) is 1.58. The van der Waals surface area contributed by atoms with Crippen molar-refractivity contribution in [3.63, 3.8) is 0 Å². The molecule has 0 spiro atoms. The number of anilines is 1. The molecule has 7 nitrogen and oxygen atoms in total. The van der Waals surface area contributed by atoms with Gasteiger partial charge in [-0.05, 0) is 30.4 Å². The Morgan fingerprint density at radius 3 is 2.15 bits per heavy atom. The zero-order valence-electron chi connectivity index (χ0n) is 15.0. The number of ether oxygens (including phenoxy) is 4. The summed E-state index contributed by atoms with van der Waals surface area (Å²) in [5, 5.41) is 7.48. The highest BCUT2D eigenvalue weighted by atomic mass is 32.1. The van der Waals surface area contributed by atoms with Gasteiger partial charge < -0.3 is 24.3 Å². The molecule has 0 fully saturated rings. The van der Waals surface area contributed by atoms with Crippen molar-refractivity contribution in [2.45, 2.75) is 0 Å². The van der Waals surface area contributed by atoms with Crippen LogP contribution in [-0.2, 0) is 0 Å². The van der Waals surface area contributed by atoms with Gasteiger partial charge in [-0.15, -0.1) is 0 Å². The van der Waals surface area contributed by atoms with E-state index < -0.39 is 0 Å². The molecule has 0 aliphatic heterocycles. The minimum Gasteiger partial charge on any atom is -0.496 e. The molecule has 2 rings (SSSR count). The molecule has 26 heavy (non-hydrogen) atoms. The fourth-order valence-corrected chi connectivity index (χ4v) is 2.38. The highest BCUT2D eigenvalue weighted by molar-refractivity contribution is 7.80. The van der Waals surface area contributed by atoms with Crippen LogP contribution in [0, 0.1) is 0 Å². The van der Waals surface area contributed by atoms with Crippen LogP contribution in [0.2, 0.25) is 0 Å². The van der Waals surface area contributed by atoms with Crippen molar-refractivity contribution in [1.82, 2.24) is 5.43 Å². The maximum Gasteiger partial charge on any atom is 0.191 e. The maximum absolute atomic E-state index is 5.35. The topological polar surface area (TPSA) is 73.3 Å². The summed E-state index contributed by atoms with van der Waals surface area (Å²) in [7, 11) is 6.29. The van der Waals surface area contributed by atoms with Crippen LogP contribution in [0.4, 0.5) is 5.69 Å². The lowest BCUT2D eigenvalue weighted by molar-refractivity contribution is 0.349. The summed E-state index contributed by atoms with van der Waals surface area (Å²) in [6, 6.07) is 10.9. The summed E-state index contributed by atoms with van der Waals surface area (Å²) in [5.41, 5.74) is 4.20. The van der Waals surface area contributed by atoms with E-state index in [1.807, 2.05) is 24.3 Å². The zero-order chi connectivity index (χ0) is 18.9. The van der Waals surface area contributed by atoms with E-state index in [0.717, 1.165) is 5.69 Å². The number of thiocarbonyl (C=S) groups is 1. The number of nitrogens with one attached hydrogen (secondary N) is 2. The number of hydrogen-bond donors (Lipinski definition) is 2. The van der Waals surface area contributed by atoms with Gasteiger partial charge in [0.1, 0.15) is 11.5 Å². The summed E-state index contributed by atoms with van der Waals surface area (Å²) in [6.45, 7) is 0. The lowest BCUT2D eigenvalue weighted by Gasteiger charge is -2.12. The van der Waals surface area contributed by atoms with Gasteiger partial charge in [0.05, 0.1) is 40.3 Å². The average Bonchev–Trinajstić information content (AvgIpc) is 2.67. The smallest absolute Gasteiger partial charge is 0.191 e. The van der Waals surface area contributed by atoms with Gasteiger partial charge in [0, 0.05) is 11.6 Å². The molecule has 138 valence electrons. The van der Waals surface area contributed by atoms with Gasteiger partial charge >= 0.3 is 0 Å². The van der Waals surface area contributed by atoms with E-state index >= 15 is 0 Å². The van der Waals surface area contributed by atoms with Crippen molar-refractivity contribution in [3.05, 3.63) is 42.0 Å². The van der Waals surface area contributed by atoms with Crippen molar-refractivity contribution in [2.24, 2.45) is 5.10 Å². The Balaban J connectivity index is 2.09. The third kappa shape index (κ3) is 4.76. The Morgan fingerprint density at radius 2 is 1.50 bits per heavy atom. The molecular formula is C18H21N3O4S. The lowest BCUT2D eigenvalue weighted by Crippen LogP contribution is -2.24. The number of benzene rings is 2. The molecule has 0 saturated heterocycles. The number of rotatable bonds is 7. The van der Waals surface area contributed by atoms with Crippen LogP contribution < -0.4 is 29.7 Å². The first-order valence-electron chi connectivity index (χ1n) is 7.66. The van der Waals surface area contributed by atoms with E-state index in [1.165, 1.54) is 0 Å². The first-order valence-corrected chi connectivity index (χ1v) is 8.06. The fraction of sp³-hybridized carbons (Fsp3) is 0.222. The minimum absolute atomic E-state index is 0.324. The second kappa shape index (κ2) is 9.47. The maximum atomic E-state index is 5.35. The van der Waals surface area contributed by atoms with Crippen molar-refractivity contribution in [2.75, 3.05) is 33.8 Å². The first-order chi connectivity index (χ1) is 12.6. The SMILES string of the molecule is COc1cc(OC)c(OC)cc1/C=N\NC(=S)Nc1ccccc1OC. The Bertz CT molecular complexity index is 796. The number of para-hydroxylation sites is 2. The number of methoxy groups -OCH3 is 4. The minimum atomic E-state index is 0.324. The van der Waals surface area contributed by atoms with E-state index in [2.05, 4.69) is 15.8 Å². The normalized spacial score (nSPS) is 10.3. The molecule has 2 aromatic carbocycles. The molecule has 0 bridgehead atoms. The molecule has 0 atom stereocenters. The van der Waals surface area contributed by atoms with Crippen molar-refractivity contribution in [1.29, 1.82) is 0 Å². The molecule has 0 heterocycles. The lowest BCUT2D eigenvalue weighted by atomic mass is 10.2. The number of hydrogen-bond acceptors (Lipinski definition) is 6. The van der Waals surface area contributed by atoms with Gasteiger partial charge in [-0.1, -0.05) is 12.1 Å². The second-order valence-corrected chi connectivity index (χ2v) is 5.38. The van der Waals surface area contributed by atoms with Crippen molar-refractivity contribution in [3.8, 4) is 23.0 Å². The average molecular weight is 375 g/mol. The molecule has 0 amide bonds. The highest BCUT2D eigenvalue weighted by Gasteiger charge is 2.10. The zero-order valence-corrected chi connectivity index (χ0v) is 15.8. The number of hydrazone groups is 1. The first kappa shape index (κ1) is 19.3. The Kier molecular flexibility index (Phi) is 7.04. The summed E-state index contributed by atoms with van der Waals surface area (Å²) in [5.74, 6) is 2.42. The van der Waals surface area contributed by atoms with E-state index in [1.54, 1.807) is 46.8 Å². The van der Waals surface area contributed by atoms with E-state index in [4.69, 9.17) is 31.2 Å². The molecule has 2 aromatic rings. The molecule has 0 unspecified atom stereocenters. The summed E-state index contributed by atoms with van der Waals surface area (Å²) >= 11 is 5.24. The Hall–Kier alpha value is -3.00. The van der Waals surface area contributed by atoms with Crippen LogP contribution in [0.1, 0.15) is 5.56 Å². The van der Waals surface area contributed by atoms with Crippen LogP contribution in [0.15, 0.2) is 41.5 Å². The van der Waals surface area contributed by atoms with Crippen LogP contribution in [0.3, 0.4) is 0 Å². The van der Waals surface area contributed by atoms with Gasteiger partial charge in [-0.25, -0.2) is 0 Å². The molecule has 0 aliphatic carbocycles. The highest BCUT2D eigenvalue weighted by Crippen LogP contribution is 2.33. The van der Waals surface area contributed by atoms with E-state index in [9.17, 15) is 0 Å². The monoisotopic (exact) mass is 375 g/mol. The third-order valence-corrected chi connectivity index (χ3v) is 3.65. The molecule has 0 aromatic heterocycles. The summed E-state index contributed by atoms with van der Waals surface area (Å²) < 4.78 is 21.2. The molecule has 0 radical (unpaired) electrons. The Morgan fingerprint density at radius 1 is 0.885 bits per heavy atom. The quantitative estimate of drug-likeness (QED) is 0.438. The van der Waals surface area contributed by atoms with Gasteiger partial charge in [0.15, 0.2) is 16.6 Å². The van der Waals surface area contributed by atoms with Gasteiger partial charge in [-0.2, -0.15) is 5.10 Å². The molecule has 0 aliphatic rings. The molecule has 0 saturated carbocycles. The summed E-state index contributed by atoms with van der Waals surface area (Å²) in [4.78, 5) is 0. The van der Waals surface area contributed by atoms with Gasteiger partial charge in [-0.3, -0.25) is 5.43 Å². The van der Waals surface area contributed by atoms with Crippen LogP contribution >= 0.6 is 12.2 Å². The van der Waals surface area contributed by atoms with Crippen LogP contribution in [-0.4, -0.2) is 39.8 Å². The van der Waals surface area contributed by atoms with E-state index in [-0.39, 0.29) is 0 Å². The second-order valence-electron chi connectivity index (χ2n) is 4.97. The molecule has 2 N–H and O–H groups in total. The predicted octanol–water partition coefficient (Wildman–Crippen LogP) is 3.04. The van der Waals surface area contributed by atoms with E-state index in [0.29, 0.717) is 33.7 Å². The van der Waals surface area contributed by atoms with Gasteiger partial charge in [0.25, 0.3) is 0 Å². The third-order valence-electron chi connectivity index (χ3n) is 3.46. The van der Waals surface area contributed by atoms with Crippen LogP contribution in [0.5, 0.6) is 23.0 Å². The largest absolute Gasteiger partial charge is 0.496 e. The number of nitrogens with zero attached hydrogens (tertiary/aromatic N) is 1. The fourth-order valence-electron chi connectivity index (χ4n) is 2.21. The van der Waals surface area contributed by atoms with Gasteiger partial charge in [0.2, 0.25) is 0 Å². The molecule has 8 heteroatoms. The van der Waals surface area contributed by atoms with Crippen molar-refractivity contribution < 1.29 is 18.9 Å². The Labute approximate surface area is 157 Å². The predicted molar refractivity (Wildman–Crippen MR) is 106 cm³/mol. The standard InChI is InChI=1S/C18H21N3O4S/c1-22-14-8-6-5-7-13(14)20-18(26)21-19-11-12-9-16(24-3)17(25-4)10-15(12)23-2/h5-11H,1-4H3,(H2,20,21,26)/b19-11-. The van der Waals surface area contributed by atoms with Crippen molar-refractivity contribution >= 4 is 29.2 Å².